The average molecular weight is 993 g/mol. The summed E-state index contributed by atoms with van der Waals surface area (Å²) in [5, 5.41) is 5.13. The Morgan fingerprint density at radius 1 is 0.275 bits per heavy atom. The number of fused-ring (bicyclic) bond motifs is 11. The molecule has 324 valence electrons. The molecular formula is C63H39IN5-. The molecule has 0 spiro atoms. The van der Waals surface area contributed by atoms with Crippen LogP contribution >= 0.6 is 0 Å². The van der Waals surface area contributed by atoms with Crippen molar-refractivity contribution in [2.75, 3.05) is 0 Å². The summed E-state index contributed by atoms with van der Waals surface area (Å²) in [6, 6.07) is 84.7. The van der Waals surface area contributed by atoms with E-state index in [9.17, 15) is 0 Å². The fourth-order valence-corrected chi connectivity index (χ4v) is 14.0. The van der Waals surface area contributed by atoms with Gasteiger partial charge in [0.2, 0.25) is 0 Å². The fraction of sp³-hybridized carbons (Fsp3) is 0. The molecule has 0 atom stereocenters. The fourth-order valence-electron chi connectivity index (χ4n) is 10.4. The average Bonchev–Trinajstić information content (AvgIpc) is 4.10. The Morgan fingerprint density at radius 2 is 0.739 bits per heavy atom. The van der Waals surface area contributed by atoms with Gasteiger partial charge in [-0.25, -0.2) is 0 Å². The zero-order valence-corrected chi connectivity index (χ0v) is 39.3. The number of para-hydroxylation sites is 3. The number of halogens is 1. The van der Waals surface area contributed by atoms with Crippen molar-refractivity contribution >= 4 is 43.6 Å². The molecule has 6 heteroatoms. The van der Waals surface area contributed by atoms with E-state index in [1.54, 1.807) is 0 Å². The molecule has 0 fully saturated rings. The van der Waals surface area contributed by atoms with Crippen LogP contribution in [0.3, 0.4) is 0 Å². The number of hydrogen-bond acceptors (Lipinski definition) is 3. The van der Waals surface area contributed by atoms with Gasteiger partial charge in [0.25, 0.3) is 0 Å². The molecule has 14 rings (SSSR count). The van der Waals surface area contributed by atoms with Crippen molar-refractivity contribution in [3.8, 4) is 78.9 Å². The van der Waals surface area contributed by atoms with Gasteiger partial charge in [-0.05, 0) is 16.7 Å². The van der Waals surface area contributed by atoms with E-state index in [1.165, 1.54) is 67.6 Å². The monoisotopic (exact) mass is 992 g/mol. The standard InChI is InChI=1S/C63H39IN5/c1-4-17-40(18-5-1)43-21-16-22-44(39-43)62-65-61(66-63(67-62)54-28-11-10-25-47(54)41-19-6-2-7-20-41)42-31-33-46(34-32-42)69-56-30-15-13-27-49(56)53-38-36-51-50-35-37-52-48-26-12-14-29-55(48)68(45-23-8-3-9-24-45)59(52)57(50)64-58(51)60(53)69/h1-39H/q-1. The second-order valence-corrected chi connectivity index (χ2v) is 20.2. The molecule has 13 aromatic rings. The van der Waals surface area contributed by atoms with E-state index in [1.807, 2.05) is 12.1 Å². The number of aromatic nitrogens is 5. The van der Waals surface area contributed by atoms with Crippen LogP contribution in [0.1, 0.15) is 0 Å². The minimum absolute atomic E-state index is 0.597. The molecule has 69 heavy (non-hydrogen) atoms. The molecule has 0 radical (unpaired) electrons. The number of rotatable bonds is 7. The van der Waals surface area contributed by atoms with Crippen LogP contribution in [0.4, 0.5) is 0 Å². The Bertz CT molecular complexity index is 4140. The van der Waals surface area contributed by atoms with E-state index in [0.29, 0.717) is 17.5 Å². The Kier molecular flexibility index (Phi) is 9.27. The van der Waals surface area contributed by atoms with Crippen molar-refractivity contribution in [3.63, 3.8) is 0 Å². The summed E-state index contributed by atoms with van der Waals surface area (Å²) in [6.45, 7) is 0. The topological polar surface area (TPSA) is 48.5 Å². The van der Waals surface area contributed by atoms with E-state index >= 15 is 0 Å². The second-order valence-electron chi connectivity index (χ2n) is 17.5. The number of benzene rings is 10. The van der Waals surface area contributed by atoms with Crippen LogP contribution in [-0.2, 0) is 0 Å². The summed E-state index contributed by atoms with van der Waals surface area (Å²) in [4.78, 5) is 15.7. The van der Waals surface area contributed by atoms with Gasteiger partial charge in [-0.1, -0.05) is 91.0 Å². The molecule has 0 bridgehead atoms. The van der Waals surface area contributed by atoms with Crippen LogP contribution in [0.2, 0.25) is 0 Å². The molecule has 0 unspecified atom stereocenters. The van der Waals surface area contributed by atoms with Gasteiger partial charge in [-0.15, -0.1) is 0 Å². The van der Waals surface area contributed by atoms with E-state index < -0.39 is 21.2 Å². The Balaban J connectivity index is 0.926. The van der Waals surface area contributed by atoms with E-state index in [0.717, 1.165) is 44.6 Å². The summed E-state index contributed by atoms with van der Waals surface area (Å²) in [7, 11) is 0. The first kappa shape index (κ1) is 39.7. The van der Waals surface area contributed by atoms with Gasteiger partial charge < -0.3 is 0 Å². The second kappa shape index (κ2) is 16.1. The minimum Gasteiger partial charge on any atom is -0.0617 e. The van der Waals surface area contributed by atoms with Crippen LogP contribution < -0.4 is 21.2 Å². The first-order valence-corrected chi connectivity index (χ1v) is 25.4. The predicted molar refractivity (Wildman–Crippen MR) is 279 cm³/mol. The van der Waals surface area contributed by atoms with Crippen LogP contribution in [0.5, 0.6) is 0 Å². The van der Waals surface area contributed by atoms with Gasteiger partial charge in [0.15, 0.2) is 0 Å². The zero-order valence-electron chi connectivity index (χ0n) is 37.1. The van der Waals surface area contributed by atoms with E-state index in [4.69, 9.17) is 15.0 Å². The summed E-state index contributed by atoms with van der Waals surface area (Å²) in [6.07, 6.45) is 0. The Morgan fingerprint density at radius 3 is 1.36 bits per heavy atom. The molecule has 3 aromatic heterocycles. The van der Waals surface area contributed by atoms with Crippen molar-refractivity contribution in [1.82, 2.24) is 24.1 Å². The van der Waals surface area contributed by atoms with Crippen molar-refractivity contribution in [2.45, 2.75) is 0 Å². The third kappa shape index (κ3) is 6.47. The zero-order chi connectivity index (χ0) is 45.4. The van der Waals surface area contributed by atoms with Crippen LogP contribution in [0.25, 0.3) is 123 Å². The third-order valence-electron chi connectivity index (χ3n) is 13.5. The smallest absolute Gasteiger partial charge is 0.0617 e. The molecule has 0 saturated carbocycles. The van der Waals surface area contributed by atoms with Gasteiger partial charge in [0.1, 0.15) is 0 Å². The number of hydrogen-bond donors (Lipinski definition) is 0. The van der Waals surface area contributed by atoms with Crippen LogP contribution in [0.15, 0.2) is 237 Å². The third-order valence-corrected chi connectivity index (χ3v) is 16.8. The molecule has 0 N–H and O–H groups in total. The van der Waals surface area contributed by atoms with E-state index in [-0.39, 0.29) is 0 Å². The molecule has 0 saturated heterocycles. The minimum atomic E-state index is -0.597. The molecule has 0 amide bonds. The quantitative estimate of drug-likeness (QED) is 0.150. The summed E-state index contributed by atoms with van der Waals surface area (Å²) in [5.74, 6) is 1.88. The summed E-state index contributed by atoms with van der Waals surface area (Å²) in [5.41, 5.74) is 17.3. The van der Waals surface area contributed by atoms with Crippen molar-refractivity contribution in [3.05, 3.63) is 244 Å². The molecule has 10 aromatic carbocycles. The van der Waals surface area contributed by atoms with Crippen LogP contribution in [0, 0.1) is 7.14 Å². The van der Waals surface area contributed by atoms with Crippen molar-refractivity contribution in [1.29, 1.82) is 0 Å². The first-order valence-electron chi connectivity index (χ1n) is 23.2. The molecule has 0 aliphatic carbocycles. The molecule has 1 aliphatic rings. The van der Waals surface area contributed by atoms with Crippen LogP contribution in [-0.4, -0.2) is 24.1 Å². The molecule has 1 aliphatic heterocycles. The van der Waals surface area contributed by atoms with Crippen molar-refractivity contribution < 1.29 is 21.2 Å². The van der Waals surface area contributed by atoms with E-state index in [2.05, 4.69) is 234 Å². The van der Waals surface area contributed by atoms with Gasteiger partial charge in [0, 0.05) is 0 Å². The molecule has 4 heterocycles. The van der Waals surface area contributed by atoms with Gasteiger partial charge >= 0.3 is 304 Å². The Hall–Kier alpha value is -8.46. The number of nitrogens with zero attached hydrogens (tertiary/aromatic N) is 5. The molecular weight excluding hydrogens is 954 g/mol. The summed E-state index contributed by atoms with van der Waals surface area (Å²) >= 11 is -0.597. The molecule has 5 nitrogen and oxygen atoms in total. The maximum atomic E-state index is 5.27. The summed E-state index contributed by atoms with van der Waals surface area (Å²) < 4.78 is 7.93. The van der Waals surface area contributed by atoms with Crippen molar-refractivity contribution in [2.24, 2.45) is 0 Å². The van der Waals surface area contributed by atoms with Gasteiger partial charge in [0.05, 0.1) is 0 Å². The van der Waals surface area contributed by atoms with Gasteiger partial charge in [-0.3, -0.25) is 0 Å². The van der Waals surface area contributed by atoms with Gasteiger partial charge in [-0.2, -0.15) is 0 Å². The predicted octanol–water partition coefficient (Wildman–Crippen LogP) is 12.5. The SMILES string of the molecule is c1ccc(-c2cccc(-c3nc(-c4ccc(-n5c6ccccc6c6ccc7c(c65)[I-]c5c-7ccc6c7ccccc7n(-c7ccccc7)c56)cc4)nc(-c4ccccc4-c4ccccc4)n3)c2)cc1. The first-order chi connectivity index (χ1) is 34.2. The maximum absolute atomic E-state index is 5.27. The Labute approximate surface area is 408 Å². The normalized spacial score (nSPS) is 12.1.